The largest absolute Gasteiger partial charge is 0.480 e. The van der Waals surface area contributed by atoms with Gasteiger partial charge in [-0.15, -0.1) is 0 Å². The second-order valence-corrected chi connectivity index (χ2v) is 5.88. The number of hydrogen-bond acceptors (Lipinski definition) is 5. The number of amides is 4. The summed E-state index contributed by atoms with van der Waals surface area (Å²) < 4.78 is 0. The van der Waals surface area contributed by atoms with Crippen molar-refractivity contribution in [2.45, 2.75) is 51.0 Å². The minimum atomic E-state index is -1.17. The number of carboxylic acid groups (broad SMARTS) is 1. The van der Waals surface area contributed by atoms with Crippen LogP contribution in [0.1, 0.15) is 44.9 Å². The van der Waals surface area contributed by atoms with Crippen molar-refractivity contribution in [2.75, 3.05) is 6.54 Å². The van der Waals surface area contributed by atoms with Gasteiger partial charge in [0.1, 0.15) is 6.04 Å². The van der Waals surface area contributed by atoms with Gasteiger partial charge in [-0.2, -0.15) is 0 Å². The van der Waals surface area contributed by atoms with E-state index in [9.17, 15) is 29.1 Å². The molecule has 2 aliphatic heterocycles. The van der Waals surface area contributed by atoms with E-state index in [1.54, 1.807) is 0 Å². The number of hydrogen-bond donors (Lipinski definition) is 1. The van der Waals surface area contributed by atoms with Gasteiger partial charge in [0, 0.05) is 31.5 Å². The summed E-state index contributed by atoms with van der Waals surface area (Å²) in [5.74, 6) is -2.64. The Kier molecular flexibility index (Phi) is 5.83. The van der Waals surface area contributed by atoms with Gasteiger partial charge in [0.15, 0.2) is 0 Å². The van der Waals surface area contributed by atoms with E-state index in [2.05, 4.69) is 0 Å². The van der Waals surface area contributed by atoms with E-state index in [1.807, 2.05) is 0 Å². The molecule has 1 saturated heterocycles. The van der Waals surface area contributed by atoms with Crippen molar-refractivity contribution in [2.24, 2.45) is 0 Å². The van der Waals surface area contributed by atoms with Crippen LogP contribution >= 0.6 is 0 Å². The average Bonchev–Trinajstić information content (AvgIpc) is 3.02. The van der Waals surface area contributed by atoms with Crippen LogP contribution in [0.5, 0.6) is 0 Å². The summed E-state index contributed by atoms with van der Waals surface area (Å²) in [5, 5.41) is 9.24. The fraction of sp³-hybridized carbons (Fsp3) is 0.562. The molecule has 130 valence electrons. The Morgan fingerprint density at radius 3 is 2.04 bits per heavy atom. The van der Waals surface area contributed by atoms with E-state index in [4.69, 9.17) is 0 Å². The summed E-state index contributed by atoms with van der Waals surface area (Å²) in [7, 11) is 0. The van der Waals surface area contributed by atoms with Crippen molar-refractivity contribution < 1.29 is 29.1 Å². The smallest absolute Gasteiger partial charge is 0.326 e. The first-order chi connectivity index (χ1) is 11.4. The van der Waals surface area contributed by atoms with Crippen LogP contribution in [-0.4, -0.2) is 57.1 Å². The lowest BCUT2D eigenvalue weighted by atomic mass is 10.1. The standard InChI is InChI=1S/C16H20N2O6/c19-12-6-7-13(20)17(12)10-4-2-1-3-5-11(16(23)24)18-14(21)8-9-15(18)22/h6-7,11H,1-5,8-10H2,(H,23,24). The Morgan fingerprint density at radius 2 is 1.50 bits per heavy atom. The molecule has 8 nitrogen and oxygen atoms in total. The van der Waals surface area contributed by atoms with Crippen LogP contribution in [0.4, 0.5) is 0 Å². The number of likely N-dealkylation sites (tertiary alicyclic amines) is 1. The fourth-order valence-electron chi connectivity index (χ4n) is 2.92. The SMILES string of the molecule is O=C(O)C(CCCCCCN1C(=O)C=CC1=O)N1C(=O)CCC1=O. The quantitative estimate of drug-likeness (QED) is 0.484. The van der Waals surface area contributed by atoms with Crippen molar-refractivity contribution in [3.8, 4) is 0 Å². The monoisotopic (exact) mass is 336 g/mol. The molecule has 0 bridgehead atoms. The molecule has 24 heavy (non-hydrogen) atoms. The third-order valence-corrected chi connectivity index (χ3v) is 4.20. The maximum Gasteiger partial charge on any atom is 0.326 e. The molecule has 0 radical (unpaired) electrons. The summed E-state index contributed by atoms with van der Waals surface area (Å²) >= 11 is 0. The lowest BCUT2D eigenvalue weighted by Gasteiger charge is -2.22. The summed E-state index contributed by atoms with van der Waals surface area (Å²) in [4.78, 5) is 59.4. The fourth-order valence-corrected chi connectivity index (χ4v) is 2.92. The Balaban J connectivity index is 1.69. The van der Waals surface area contributed by atoms with Crippen LogP contribution in [-0.2, 0) is 24.0 Å². The van der Waals surface area contributed by atoms with Crippen LogP contribution in [0.25, 0.3) is 0 Å². The van der Waals surface area contributed by atoms with Gasteiger partial charge in [0.25, 0.3) is 11.8 Å². The number of carbonyl (C=O) groups is 5. The molecule has 0 aromatic heterocycles. The number of nitrogens with zero attached hydrogens (tertiary/aromatic N) is 2. The molecule has 1 N–H and O–H groups in total. The normalized spacial score (nSPS) is 18.8. The molecule has 0 aromatic carbocycles. The maximum atomic E-state index is 11.6. The van der Waals surface area contributed by atoms with E-state index in [0.29, 0.717) is 25.8 Å². The van der Waals surface area contributed by atoms with Crippen LogP contribution in [0.3, 0.4) is 0 Å². The van der Waals surface area contributed by atoms with Gasteiger partial charge in [-0.25, -0.2) is 4.79 Å². The summed E-state index contributed by atoms with van der Waals surface area (Å²) in [5.41, 5.74) is 0. The lowest BCUT2D eigenvalue weighted by molar-refractivity contribution is -0.154. The highest BCUT2D eigenvalue weighted by molar-refractivity contribution is 6.12. The molecule has 2 aliphatic rings. The van der Waals surface area contributed by atoms with Gasteiger partial charge in [0.05, 0.1) is 0 Å². The van der Waals surface area contributed by atoms with Crippen LogP contribution in [0.2, 0.25) is 0 Å². The van der Waals surface area contributed by atoms with E-state index >= 15 is 0 Å². The number of carboxylic acids is 1. The van der Waals surface area contributed by atoms with E-state index in [0.717, 1.165) is 11.3 Å². The van der Waals surface area contributed by atoms with Gasteiger partial charge in [-0.3, -0.25) is 29.0 Å². The van der Waals surface area contributed by atoms with Crippen molar-refractivity contribution >= 4 is 29.6 Å². The number of unbranched alkanes of at least 4 members (excludes halogenated alkanes) is 3. The Labute approximate surface area is 139 Å². The van der Waals surface area contributed by atoms with Crippen LogP contribution in [0, 0.1) is 0 Å². The minimum absolute atomic E-state index is 0.0779. The first-order valence-corrected chi connectivity index (χ1v) is 8.03. The first-order valence-electron chi connectivity index (χ1n) is 8.03. The second kappa shape index (κ2) is 7.85. The highest BCUT2D eigenvalue weighted by Gasteiger charge is 2.38. The molecule has 0 aromatic rings. The Morgan fingerprint density at radius 1 is 0.958 bits per heavy atom. The number of rotatable bonds is 9. The third kappa shape index (κ3) is 4.06. The molecule has 1 atom stereocenters. The molecule has 8 heteroatoms. The third-order valence-electron chi connectivity index (χ3n) is 4.20. The van der Waals surface area contributed by atoms with Crippen LogP contribution < -0.4 is 0 Å². The molecular formula is C16H20N2O6. The highest BCUT2D eigenvalue weighted by atomic mass is 16.4. The topological polar surface area (TPSA) is 112 Å². The van der Waals surface area contributed by atoms with Crippen molar-refractivity contribution in [3.05, 3.63) is 12.2 Å². The second-order valence-electron chi connectivity index (χ2n) is 5.88. The zero-order valence-corrected chi connectivity index (χ0v) is 13.3. The van der Waals surface area contributed by atoms with Gasteiger partial charge in [0.2, 0.25) is 11.8 Å². The Hall–Kier alpha value is -2.51. The highest BCUT2D eigenvalue weighted by Crippen LogP contribution is 2.20. The molecule has 0 saturated carbocycles. The first kappa shape index (κ1) is 17.8. The number of aliphatic carboxylic acids is 1. The molecule has 0 aliphatic carbocycles. The van der Waals surface area contributed by atoms with Crippen molar-refractivity contribution in [1.29, 1.82) is 0 Å². The molecular weight excluding hydrogens is 316 g/mol. The average molecular weight is 336 g/mol. The van der Waals surface area contributed by atoms with Gasteiger partial charge >= 0.3 is 5.97 Å². The molecule has 1 unspecified atom stereocenters. The number of imide groups is 2. The predicted octanol–water partition coefficient (Wildman–Crippen LogP) is 0.464. The molecule has 2 rings (SSSR count). The zero-order valence-electron chi connectivity index (χ0n) is 13.3. The molecule has 1 fully saturated rings. The van der Waals surface area contributed by atoms with Gasteiger partial charge in [-0.05, 0) is 12.8 Å². The van der Waals surface area contributed by atoms with Crippen molar-refractivity contribution in [3.63, 3.8) is 0 Å². The van der Waals surface area contributed by atoms with E-state index < -0.39 is 23.8 Å². The lowest BCUT2D eigenvalue weighted by Crippen LogP contribution is -2.44. The maximum absolute atomic E-state index is 11.6. The minimum Gasteiger partial charge on any atom is -0.480 e. The molecule has 0 spiro atoms. The summed E-state index contributed by atoms with van der Waals surface area (Å²) in [6.45, 7) is 0.343. The number of carbonyl (C=O) groups excluding carboxylic acids is 4. The van der Waals surface area contributed by atoms with E-state index in [1.165, 1.54) is 17.1 Å². The molecule has 4 amide bonds. The van der Waals surface area contributed by atoms with E-state index in [-0.39, 0.29) is 31.1 Å². The Bertz CT molecular complexity index is 563. The summed E-state index contributed by atoms with van der Waals surface area (Å²) in [6.07, 6.45) is 5.47. The molecule has 2 heterocycles. The zero-order chi connectivity index (χ0) is 17.7. The van der Waals surface area contributed by atoms with Gasteiger partial charge < -0.3 is 5.11 Å². The predicted molar refractivity (Wildman–Crippen MR) is 81.5 cm³/mol. The summed E-state index contributed by atoms with van der Waals surface area (Å²) in [6, 6.07) is -1.10. The van der Waals surface area contributed by atoms with Crippen LogP contribution in [0.15, 0.2) is 12.2 Å². The van der Waals surface area contributed by atoms with Crippen molar-refractivity contribution in [1.82, 2.24) is 9.80 Å². The van der Waals surface area contributed by atoms with Gasteiger partial charge in [-0.1, -0.05) is 19.3 Å².